The van der Waals surface area contributed by atoms with Gasteiger partial charge in [0.25, 0.3) is 0 Å². The molecule has 1 unspecified atom stereocenters. The molecule has 0 aliphatic rings. The molecule has 0 spiro atoms. The highest BCUT2D eigenvalue weighted by molar-refractivity contribution is 9.10. The van der Waals surface area contributed by atoms with E-state index >= 15 is 0 Å². The van der Waals surface area contributed by atoms with E-state index in [9.17, 15) is 4.79 Å². The van der Waals surface area contributed by atoms with E-state index in [-0.39, 0.29) is 10.6 Å². The van der Waals surface area contributed by atoms with Crippen LogP contribution < -0.4 is 4.74 Å². The summed E-state index contributed by atoms with van der Waals surface area (Å²) in [7, 11) is 0. The van der Waals surface area contributed by atoms with Gasteiger partial charge in [-0.3, -0.25) is 4.79 Å². The quantitative estimate of drug-likeness (QED) is 0.624. The summed E-state index contributed by atoms with van der Waals surface area (Å²) < 4.78 is 5.31. The van der Waals surface area contributed by atoms with Gasteiger partial charge in [-0.05, 0) is 32.0 Å². The first-order valence-electron chi connectivity index (χ1n) is 4.67. The molecule has 0 aliphatic heterocycles. The molecule has 0 saturated carbocycles. The number of ketones is 1. The average molecular weight is 292 g/mol. The molecule has 82 valence electrons. The van der Waals surface area contributed by atoms with E-state index in [1.807, 2.05) is 6.92 Å². The molecular weight excluding hydrogens is 279 g/mol. The molecule has 0 N–H and O–H groups in total. The van der Waals surface area contributed by atoms with Crippen LogP contribution in [-0.2, 0) is 0 Å². The van der Waals surface area contributed by atoms with Crippen LogP contribution in [0.1, 0.15) is 24.2 Å². The van der Waals surface area contributed by atoms with Crippen molar-refractivity contribution in [3.63, 3.8) is 0 Å². The second-order valence-electron chi connectivity index (χ2n) is 3.05. The molecule has 2 nitrogen and oxygen atoms in total. The van der Waals surface area contributed by atoms with Crippen molar-refractivity contribution in [1.29, 1.82) is 0 Å². The first-order chi connectivity index (χ1) is 7.06. The second-order valence-corrected chi connectivity index (χ2v) is 4.84. The highest BCUT2D eigenvalue weighted by atomic mass is 79.9. The zero-order valence-electron chi connectivity index (χ0n) is 8.59. The summed E-state index contributed by atoms with van der Waals surface area (Å²) in [5, 5.41) is 0.453. The zero-order valence-corrected chi connectivity index (χ0v) is 10.9. The predicted octanol–water partition coefficient (Wildman–Crippen LogP) is 3.70. The maximum Gasteiger partial charge on any atom is 0.177 e. The van der Waals surface area contributed by atoms with Gasteiger partial charge in [0.1, 0.15) is 5.75 Å². The number of carbonyl (C=O) groups excluding carboxylic acids is 1. The molecule has 0 saturated heterocycles. The fourth-order valence-corrected chi connectivity index (χ4v) is 1.62. The summed E-state index contributed by atoms with van der Waals surface area (Å²) in [6, 6.07) is 5.10. The lowest BCUT2D eigenvalue weighted by Gasteiger charge is -2.08. The summed E-state index contributed by atoms with van der Waals surface area (Å²) in [6.07, 6.45) is 0. The highest BCUT2D eigenvalue weighted by Gasteiger charge is 2.16. The maximum atomic E-state index is 11.7. The van der Waals surface area contributed by atoms with Crippen molar-refractivity contribution in [2.45, 2.75) is 18.7 Å². The Labute approximate surface area is 103 Å². The van der Waals surface area contributed by atoms with Crippen molar-refractivity contribution in [1.82, 2.24) is 0 Å². The van der Waals surface area contributed by atoms with Gasteiger partial charge in [-0.1, -0.05) is 27.5 Å². The fourth-order valence-electron chi connectivity index (χ4n) is 1.16. The second kappa shape index (κ2) is 5.52. The summed E-state index contributed by atoms with van der Waals surface area (Å²) in [5.41, 5.74) is 0.493. The van der Waals surface area contributed by atoms with Gasteiger partial charge in [0.05, 0.1) is 16.5 Å². The number of hydrogen-bond acceptors (Lipinski definition) is 2. The summed E-state index contributed by atoms with van der Waals surface area (Å²) in [5.74, 6) is 0.625. The number of Topliss-reactive ketones (excluding diaryl/α,β-unsaturated/α-hetero) is 1. The van der Waals surface area contributed by atoms with Crippen LogP contribution >= 0.6 is 27.5 Å². The van der Waals surface area contributed by atoms with Crippen molar-refractivity contribution >= 4 is 33.3 Å². The Morgan fingerprint density at radius 3 is 2.80 bits per heavy atom. The number of halogens is 2. The van der Waals surface area contributed by atoms with Gasteiger partial charge in [-0.25, -0.2) is 0 Å². The molecule has 0 aliphatic carbocycles. The van der Waals surface area contributed by atoms with Crippen LogP contribution in [0.4, 0.5) is 0 Å². The molecule has 0 bridgehead atoms. The maximum absolute atomic E-state index is 11.7. The third-order valence-electron chi connectivity index (χ3n) is 1.88. The Hall–Kier alpha value is -0.540. The van der Waals surface area contributed by atoms with E-state index < -0.39 is 0 Å². The first-order valence-corrected chi connectivity index (χ1v) is 5.96. The Morgan fingerprint density at radius 1 is 1.60 bits per heavy atom. The van der Waals surface area contributed by atoms with Crippen LogP contribution in [0.2, 0.25) is 5.02 Å². The van der Waals surface area contributed by atoms with Gasteiger partial charge in [0.2, 0.25) is 0 Å². The van der Waals surface area contributed by atoms with Crippen LogP contribution in [0.5, 0.6) is 5.75 Å². The molecule has 0 heterocycles. The van der Waals surface area contributed by atoms with Gasteiger partial charge < -0.3 is 4.74 Å². The first kappa shape index (κ1) is 12.5. The van der Waals surface area contributed by atoms with Crippen molar-refractivity contribution in [3.8, 4) is 5.75 Å². The Kier molecular flexibility index (Phi) is 4.61. The van der Waals surface area contributed by atoms with E-state index in [1.165, 1.54) is 0 Å². The molecule has 15 heavy (non-hydrogen) atoms. The topological polar surface area (TPSA) is 26.3 Å². The van der Waals surface area contributed by atoms with Crippen molar-refractivity contribution in [3.05, 3.63) is 28.8 Å². The molecule has 0 amide bonds. The van der Waals surface area contributed by atoms with Crippen molar-refractivity contribution in [2.24, 2.45) is 0 Å². The molecule has 1 atom stereocenters. The van der Waals surface area contributed by atoms with Crippen LogP contribution in [-0.4, -0.2) is 17.2 Å². The molecule has 0 radical (unpaired) electrons. The van der Waals surface area contributed by atoms with Gasteiger partial charge in [-0.2, -0.15) is 0 Å². The number of carbonyl (C=O) groups is 1. The van der Waals surface area contributed by atoms with Crippen molar-refractivity contribution in [2.75, 3.05) is 6.61 Å². The number of ether oxygens (including phenoxy) is 1. The molecule has 0 fully saturated rings. The highest BCUT2D eigenvalue weighted by Crippen LogP contribution is 2.24. The lowest BCUT2D eigenvalue weighted by molar-refractivity contribution is 0.0995. The van der Waals surface area contributed by atoms with E-state index in [4.69, 9.17) is 16.3 Å². The van der Waals surface area contributed by atoms with Gasteiger partial charge in [0, 0.05) is 5.56 Å². The number of alkyl halides is 1. The predicted molar refractivity (Wildman–Crippen MR) is 65.3 cm³/mol. The van der Waals surface area contributed by atoms with Crippen LogP contribution in [0.25, 0.3) is 0 Å². The van der Waals surface area contributed by atoms with Gasteiger partial charge in [-0.15, -0.1) is 0 Å². The smallest absolute Gasteiger partial charge is 0.177 e. The SMILES string of the molecule is CCOc1ccc(Cl)c(C(=O)C(C)Br)c1. The Morgan fingerprint density at radius 2 is 2.27 bits per heavy atom. The van der Waals surface area contributed by atoms with Gasteiger partial charge >= 0.3 is 0 Å². The van der Waals surface area contributed by atoms with Crippen LogP contribution in [0, 0.1) is 0 Å². The molecular formula is C11H12BrClO2. The van der Waals surface area contributed by atoms with E-state index in [1.54, 1.807) is 25.1 Å². The minimum atomic E-state index is -0.244. The zero-order chi connectivity index (χ0) is 11.4. The fraction of sp³-hybridized carbons (Fsp3) is 0.364. The minimum Gasteiger partial charge on any atom is -0.494 e. The van der Waals surface area contributed by atoms with Crippen LogP contribution in [0.3, 0.4) is 0 Å². The van der Waals surface area contributed by atoms with E-state index in [0.29, 0.717) is 22.9 Å². The van der Waals surface area contributed by atoms with Crippen molar-refractivity contribution < 1.29 is 9.53 Å². The van der Waals surface area contributed by atoms with E-state index in [2.05, 4.69) is 15.9 Å². The standard InChI is InChI=1S/C11H12BrClO2/c1-3-15-8-4-5-10(13)9(6-8)11(14)7(2)12/h4-7H,3H2,1-2H3. The summed E-state index contributed by atoms with van der Waals surface area (Å²) in [6.45, 7) is 4.23. The van der Waals surface area contributed by atoms with E-state index in [0.717, 1.165) is 0 Å². The largest absolute Gasteiger partial charge is 0.494 e. The molecule has 0 aromatic heterocycles. The lowest BCUT2D eigenvalue weighted by Crippen LogP contribution is -2.10. The third kappa shape index (κ3) is 3.21. The molecule has 1 aromatic rings. The summed E-state index contributed by atoms with van der Waals surface area (Å²) >= 11 is 9.16. The number of rotatable bonds is 4. The normalized spacial score (nSPS) is 12.3. The minimum absolute atomic E-state index is 0.0402. The van der Waals surface area contributed by atoms with Crippen LogP contribution in [0.15, 0.2) is 18.2 Å². The van der Waals surface area contributed by atoms with Gasteiger partial charge in [0.15, 0.2) is 5.78 Å². The number of hydrogen-bond donors (Lipinski definition) is 0. The molecule has 1 aromatic carbocycles. The number of benzene rings is 1. The Balaban J connectivity index is 3.05. The molecule has 1 rings (SSSR count). The lowest BCUT2D eigenvalue weighted by atomic mass is 10.1. The Bertz CT molecular complexity index is 364. The summed E-state index contributed by atoms with van der Waals surface area (Å²) in [4.78, 5) is 11.5. The monoisotopic (exact) mass is 290 g/mol. The average Bonchev–Trinajstić information content (AvgIpc) is 2.20. The third-order valence-corrected chi connectivity index (χ3v) is 2.62. The molecule has 4 heteroatoms.